The van der Waals surface area contributed by atoms with Gasteiger partial charge in [0.15, 0.2) is 0 Å². The number of hydrogen-bond donors (Lipinski definition) is 0. The largest absolute Gasteiger partial charge is 0.378 e. The van der Waals surface area contributed by atoms with Gasteiger partial charge in [-0.15, -0.1) is 0 Å². The number of nitrogens with zero attached hydrogens (tertiary/aromatic N) is 2. The number of likely N-dealkylation sites (N-methyl/N-ethyl adjacent to an activating group) is 2. The number of carbonyl (C=O) groups is 1. The van der Waals surface area contributed by atoms with Gasteiger partial charge < -0.3 is 9.64 Å². The van der Waals surface area contributed by atoms with Gasteiger partial charge in [0.2, 0.25) is 15.9 Å². The lowest BCUT2D eigenvalue weighted by Crippen LogP contribution is -2.64. The molecule has 2 atom stereocenters. The zero-order chi connectivity index (χ0) is 16.5. The van der Waals surface area contributed by atoms with Crippen LogP contribution >= 0.6 is 0 Å². The molecule has 0 saturated heterocycles. The van der Waals surface area contributed by atoms with Gasteiger partial charge >= 0.3 is 0 Å². The Morgan fingerprint density at radius 1 is 1.27 bits per heavy atom. The molecular weight excluding hydrogens is 304 g/mol. The summed E-state index contributed by atoms with van der Waals surface area (Å²) in [6.07, 6.45) is 6.79. The number of ether oxygens (including phenoxy) is 1. The summed E-state index contributed by atoms with van der Waals surface area (Å²) in [6, 6.07) is 0.173. The van der Waals surface area contributed by atoms with Crippen LogP contribution in [0.2, 0.25) is 0 Å². The van der Waals surface area contributed by atoms with Gasteiger partial charge in [-0.1, -0.05) is 12.8 Å². The highest BCUT2D eigenvalue weighted by Gasteiger charge is 2.58. The van der Waals surface area contributed by atoms with Crippen LogP contribution in [-0.4, -0.2) is 69.2 Å². The minimum Gasteiger partial charge on any atom is -0.378 e. The summed E-state index contributed by atoms with van der Waals surface area (Å²) in [7, 11) is -0.0940. The molecule has 0 N–H and O–H groups in total. The van der Waals surface area contributed by atoms with Crippen LogP contribution < -0.4 is 0 Å². The van der Waals surface area contributed by atoms with Gasteiger partial charge in [-0.3, -0.25) is 4.79 Å². The smallest absolute Gasteiger partial charge is 0.237 e. The van der Waals surface area contributed by atoms with E-state index in [-0.39, 0.29) is 30.0 Å². The van der Waals surface area contributed by atoms with E-state index in [0.29, 0.717) is 6.61 Å². The van der Waals surface area contributed by atoms with Crippen LogP contribution in [0.1, 0.15) is 39.0 Å². The third kappa shape index (κ3) is 3.16. The summed E-state index contributed by atoms with van der Waals surface area (Å²) >= 11 is 0. The molecule has 1 spiro atoms. The quantitative estimate of drug-likeness (QED) is 0.730. The molecular formula is C15H28N2O4S. The SMILES string of the molecule is CCO[C@H]1C[C@@H](N(C)C(=O)CN(C)S(C)(=O)=O)C12CCCC2. The predicted molar refractivity (Wildman–Crippen MR) is 85.0 cm³/mol. The number of rotatable bonds is 6. The minimum atomic E-state index is -3.33. The number of hydrogen-bond acceptors (Lipinski definition) is 4. The molecule has 7 heteroatoms. The normalized spacial score (nSPS) is 27.1. The topological polar surface area (TPSA) is 66.9 Å². The zero-order valence-corrected chi connectivity index (χ0v) is 14.9. The minimum absolute atomic E-state index is 0.0874. The molecule has 0 aliphatic heterocycles. The maximum atomic E-state index is 12.4. The second-order valence-electron chi connectivity index (χ2n) is 6.66. The van der Waals surface area contributed by atoms with Crippen molar-refractivity contribution in [1.29, 1.82) is 0 Å². The molecule has 0 aromatic heterocycles. The first kappa shape index (κ1) is 17.7. The molecule has 0 radical (unpaired) electrons. The molecule has 2 fully saturated rings. The van der Waals surface area contributed by atoms with Gasteiger partial charge in [0.25, 0.3) is 0 Å². The van der Waals surface area contributed by atoms with Crippen molar-refractivity contribution in [1.82, 2.24) is 9.21 Å². The monoisotopic (exact) mass is 332 g/mol. The van der Waals surface area contributed by atoms with E-state index in [1.165, 1.54) is 19.9 Å². The molecule has 0 heterocycles. The Hall–Kier alpha value is -0.660. The van der Waals surface area contributed by atoms with Crippen molar-refractivity contribution in [2.24, 2.45) is 5.41 Å². The fourth-order valence-corrected chi connectivity index (χ4v) is 4.33. The summed E-state index contributed by atoms with van der Waals surface area (Å²) in [4.78, 5) is 14.2. The lowest BCUT2D eigenvalue weighted by atomic mass is 9.60. The van der Waals surface area contributed by atoms with Crippen molar-refractivity contribution in [3.8, 4) is 0 Å². The van der Waals surface area contributed by atoms with E-state index in [4.69, 9.17) is 4.74 Å². The standard InChI is InChI=1S/C15H28N2O4S/c1-5-21-13-10-12(15(13)8-6-7-9-15)17(3)14(18)11-16(2)22(4,19)20/h12-13H,5-11H2,1-4H3/t12-,13+/m1/s1. The summed E-state index contributed by atoms with van der Waals surface area (Å²) in [5.74, 6) is -0.140. The molecule has 0 bridgehead atoms. The Labute approximate surface area is 133 Å². The molecule has 0 aromatic rings. The number of carbonyl (C=O) groups excluding carboxylic acids is 1. The molecule has 0 unspecified atom stereocenters. The maximum Gasteiger partial charge on any atom is 0.237 e. The highest BCUT2D eigenvalue weighted by molar-refractivity contribution is 7.88. The molecule has 6 nitrogen and oxygen atoms in total. The van der Waals surface area contributed by atoms with Gasteiger partial charge in [-0.2, -0.15) is 4.31 Å². The molecule has 2 rings (SSSR count). The third-order valence-corrected chi connectivity index (χ3v) is 6.69. The Bertz CT molecular complexity index is 514. The van der Waals surface area contributed by atoms with Gasteiger partial charge in [-0.25, -0.2) is 8.42 Å². The van der Waals surface area contributed by atoms with Crippen LogP contribution in [0.25, 0.3) is 0 Å². The molecule has 2 aliphatic carbocycles. The van der Waals surface area contributed by atoms with Gasteiger partial charge in [0, 0.05) is 32.2 Å². The van der Waals surface area contributed by atoms with Crippen LogP contribution in [0, 0.1) is 5.41 Å². The summed E-state index contributed by atoms with van der Waals surface area (Å²) in [5.41, 5.74) is 0.0874. The first-order valence-corrected chi connectivity index (χ1v) is 9.86. The molecule has 2 saturated carbocycles. The third-order valence-electron chi connectivity index (χ3n) is 5.43. The number of amides is 1. The van der Waals surface area contributed by atoms with Crippen molar-refractivity contribution in [3.63, 3.8) is 0 Å². The van der Waals surface area contributed by atoms with Crippen LogP contribution in [0.15, 0.2) is 0 Å². The van der Waals surface area contributed by atoms with E-state index in [2.05, 4.69) is 0 Å². The van der Waals surface area contributed by atoms with E-state index >= 15 is 0 Å². The molecule has 2 aliphatic rings. The van der Waals surface area contributed by atoms with Gasteiger partial charge in [0.05, 0.1) is 18.9 Å². The van der Waals surface area contributed by atoms with Crippen LogP contribution in [0.5, 0.6) is 0 Å². The summed E-state index contributed by atoms with van der Waals surface area (Å²) < 4.78 is 29.9. The molecule has 128 valence electrons. The number of sulfonamides is 1. The lowest BCUT2D eigenvalue weighted by molar-refractivity contribution is -0.172. The highest BCUT2D eigenvalue weighted by atomic mass is 32.2. The van der Waals surface area contributed by atoms with Crippen molar-refractivity contribution in [2.45, 2.75) is 51.2 Å². The Balaban J connectivity index is 2.03. The maximum absolute atomic E-state index is 12.4. The van der Waals surface area contributed by atoms with Crippen molar-refractivity contribution in [2.75, 3.05) is 33.5 Å². The molecule has 22 heavy (non-hydrogen) atoms. The fourth-order valence-electron chi connectivity index (χ4n) is 3.99. The lowest BCUT2D eigenvalue weighted by Gasteiger charge is -2.57. The van der Waals surface area contributed by atoms with E-state index in [1.54, 1.807) is 11.9 Å². The highest BCUT2D eigenvalue weighted by Crippen LogP contribution is 2.56. The Morgan fingerprint density at radius 2 is 1.86 bits per heavy atom. The molecule has 0 aromatic carbocycles. The van der Waals surface area contributed by atoms with E-state index in [0.717, 1.165) is 29.8 Å². The van der Waals surface area contributed by atoms with Gasteiger partial charge in [-0.05, 0) is 26.2 Å². The molecule has 1 amide bonds. The first-order chi connectivity index (χ1) is 10.2. The average Bonchev–Trinajstić information content (AvgIpc) is 2.93. The summed E-state index contributed by atoms with van der Waals surface area (Å²) in [6.45, 7) is 2.61. The van der Waals surface area contributed by atoms with Crippen molar-refractivity contribution >= 4 is 15.9 Å². The fraction of sp³-hybridized carbons (Fsp3) is 0.933. The first-order valence-electron chi connectivity index (χ1n) is 8.01. The second-order valence-corrected chi connectivity index (χ2v) is 8.75. The van der Waals surface area contributed by atoms with Crippen LogP contribution in [0.4, 0.5) is 0 Å². The Morgan fingerprint density at radius 3 is 2.36 bits per heavy atom. The summed E-state index contributed by atoms with van der Waals surface area (Å²) in [5, 5.41) is 0. The van der Waals surface area contributed by atoms with E-state index < -0.39 is 10.0 Å². The van der Waals surface area contributed by atoms with Crippen LogP contribution in [0.3, 0.4) is 0 Å². The Kier molecular flexibility index (Phi) is 5.19. The van der Waals surface area contributed by atoms with Crippen LogP contribution in [-0.2, 0) is 19.6 Å². The van der Waals surface area contributed by atoms with Gasteiger partial charge in [0.1, 0.15) is 0 Å². The van der Waals surface area contributed by atoms with E-state index in [1.807, 2.05) is 6.92 Å². The van der Waals surface area contributed by atoms with Crippen molar-refractivity contribution in [3.05, 3.63) is 0 Å². The zero-order valence-electron chi connectivity index (χ0n) is 14.0. The average molecular weight is 332 g/mol. The van der Waals surface area contributed by atoms with E-state index in [9.17, 15) is 13.2 Å². The predicted octanol–water partition coefficient (Wildman–Crippen LogP) is 1.07. The second kappa shape index (κ2) is 6.45. The van der Waals surface area contributed by atoms with Crippen molar-refractivity contribution < 1.29 is 17.9 Å².